The van der Waals surface area contributed by atoms with Gasteiger partial charge in [-0.2, -0.15) is 0 Å². The van der Waals surface area contributed by atoms with Crippen molar-refractivity contribution in [2.75, 3.05) is 18.5 Å². The first-order valence-electron chi connectivity index (χ1n) is 5.39. The highest BCUT2D eigenvalue weighted by Gasteiger charge is 2.00. The monoisotopic (exact) mass is 223 g/mol. The van der Waals surface area contributed by atoms with E-state index in [4.69, 9.17) is 11.1 Å². The summed E-state index contributed by atoms with van der Waals surface area (Å²) in [5.41, 5.74) is 6.27. The van der Waals surface area contributed by atoms with E-state index in [9.17, 15) is 4.39 Å². The molecule has 0 aromatic heterocycles. The van der Waals surface area contributed by atoms with E-state index in [1.807, 2.05) is 7.05 Å². The molecule has 4 heteroatoms. The van der Waals surface area contributed by atoms with Gasteiger partial charge in [0.15, 0.2) is 0 Å². The van der Waals surface area contributed by atoms with Crippen LogP contribution < -0.4 is 10.6 Å². The number of rotatable bonds is 6. The number of halogens is 1. The van der Waals surface area contributed by atoms with Crippen LogP contribution in [-0.4, -0.2) is 19.4 Å². The Hall–Kier alpha value is -1.58. The Morgan fingerprint density at radius 3 is 2.50 bits per heavy atom. The minimum absolute atomic E-state index is 0.214. The lowest BCUT2D eigenvalue weighted by Gasteiger charge is -2.18. The second-order valence-electron chi connectivity index (χ2n) is 3.88. The van der Waals surface area contributed by atoms with Crippen molar-refractivity contribution in [1.82, 2.24) is 0 Å². The molecule has 0 atom stereocenters. The molecule has 16 heavy (non-hydrogen) atoms. The molecule has 0 fully saturated rings. The van der Waals surface area contributed by atoms with Crippen molar-refractivity contribution < 1.29 is 4.39 Å². The zero-order valence-corrected chi connectivity index (χ0v) is 9.54. The molecule has 0 heterocycles. The average molecular weight is 223 g/mol. The molecule has 0 radical (unpaired) electrons. The third-order valence-electron chi connectivity index (χ3n) is 2.46. The van der Waals surface area contributed by atoms with Gasteiger partial charge < -0.3 is 10.6 Å². The predicted octanol–water partition coefficient (Wildman–Crippen LogP) is 2.37. The lowest BCUT2D eigenvalue weighted by Crippen LogP contribution is -2.19. The number of nitrogens with zero attached hydrogens (tertiary/aromatic N) is 1. The van der Waals surface area contributed by atoms with Crippen LogP contribution in [-0.2, 0) is 0 Å². The van der Waals surface area contributed by atoms with E-state index >= 15 is 0 Å². The smallest absolute Gasteiger partial charge is 0.123 e. The molecule has 0 aliphatic rings. The summed E-state index contributed by atoms with van der Waals surface area (Å²) in [7, 11) is 1.97. The first kappa shape index (κ1) is 12.5. The molecule has 0 spiro atoms. The molecule has 3 N–H and O–H groups in total. The molecule has 0 aliphatic carbocycles. The van der Waals surface area contributed by atoms with Gasteiger partial charge in [0.1, 0.15) is 5.82 Å². The van der Waals surface area contributed by atoms with Gasteiger partial charge in [0, 0.05) is 25.7 Å². The van der Waals surface area contributed by atoms with Crippen molar-refractivity contribution >= 4 is 11.5 Å². The minimum Gasteiger partial charge on any atom is -0.388 e. The van der Waals surface area contributed by atoms with Gasteiger partial charge >= 0.3 is 0 Å². The summed E-state index contributed by atoms with van der Waals surface area (Å²) in [5.74, 6) is 0.0261. The number of anilines is 1. The highest BCUT2D eigenvalue weighted by Crippen LogP contribution is 2.13. The van der Waals surface area contributed by atoms with E-state index < -0.39 is 0 Å². The van der Waals surface area contributed by atoms with Crippen LogP contribution >= 0.6 is 0 Å². The van der Waals surface area contributed by atoms with Gasteiger partial charge in [-0.3, -0.25) is 5.41 Å². The Kier molecular flexibility index (Phi) is 4.76. The van der Waals surface area contributed by atoms with Gasteiger partial charge in [-0.25, -0.2) is 4.39 Å². The Balaban J connectivity index is 2.32. The SMILES string of the molecule is CN(CCCCC(=N)N)c1ccc(F)cc1. The zero-order chi connectivity index (χ0) is 12.0. The Bertz CT molecular complexity index is 335. The molecule has 0 aliphatic heterocycles. The Morgan fingerprint density at radius 2 is 1.94 bits per heavy atom. The summed E-state index contributed by atoms with van der Waals surface area (Å²) >= 11 is 0. The van der Waals surface area contributed by atoms with Crippen molar-refractivity contribution in [3.63, 3.8) is 0 Å². The van der Waals surface area contributed by atoms with Crippen LogP contribution in [0.4, 0.5) is 10.1 Å². The number of hydrogen-bond acceptors (Lipinski definition) is 2. The number of benzene rings is 1. The van der Waals surface area contributed by atoms with Crippen LogP contribution in [0.2, 0.25) is 0 Å². The van der Waals surface area contributed by atoms with Crippen LogP contribution in [0.5, 0.6) is 0 Å². The van der Waals surface area contributed by atoms with Gasteiger partial charge in [-0.15, -0.1) is 0 Å². The van der Waals surface area contributed by atoms with E-state index in [1.54, 1.807) is 12.1 Å². The summed E-state index contributed by atoms with van der Waals surface area (Å²) in [6, 6.07) is 6.45. The van der Waals surface area contributed by atoms with Crippen molar-refractivity contribution in [2.45, 2.75) is 19.3 Å². The molecule has 3 nitrogen and oxygen atoms in total. The first-order chi connectivity index (χ1) is 7.59. The van der Waals surface area contributed by atoms with E-state index in [2.05, 4.69) is 4.90 Å². The minimum atomic E-state index is -0.214. The van der Waals surface area contributed by atoms with Crippen molar-refractivity contribution in [3.8, 4) is 0 Å². The third kappa shape index (κ3) is 4.29. The molecular formula is C12H18FN3. The quantitative estimate of drug-likeness (QED) is 0.442. The topological polar surface area (TPSA) is 53.1 Å². The summed E-state index contributed by atoms with van der Waals surface area (Å²) in [6.45, 7) is 0.888. The predicted molar refractivity (Wildman–Crippen MR) is 65.4 cm³/mol. The third-order valence-corrected chi connectivity index (χ3v) is 2.46. The molecular weight excluding hydrogens is 205 g/mol. The maximum atomic E-state index is 12.7. The van der Waals surface area contributed by atoms with Crippen LogP contribution in [0.1, 0.15) is 19.3 Å². The summed E-state index contributed by atoms with van der Waals surface area (Å²) in [4.78, 5) is 2.07. The van der Waals surface area contributed by atoms with Crippen molar-refractivity contribution in [3.05, 3.63) is 30.1 Å². The number of amidine groups is 1. The lowest BCUT2D eigenvalue weighted by atomic mass is 10.2. The molecule has 0 unspecified atom stereocenters. The highest BCUT2D eigenvalue weighted by molar-refractivity contribution is 5.76. The van der Waals surface area contributed by atoms with Gasteiger partial charge in [0.25, 0.3) is 0 Å². The van der Waals surface area contributed by atoms with Crippen LogP contribution in [0.3, 0.4) is 0 Å². The summed E-state index contributed by atoms with van der Waals surface area (Å²) < 4.78 is 12.7. The fourth-order valence-corrected chi connectivity index (χ4v) is 1.49. The molecule has 1 rings (SSSR count). The van der Waals surface area contributed by atoms with E-state index in [0.29, 0.717) is 6.42 Å². The van der Waals surface area contributed by atoms with Crippen LogP contribution in [0.25, 0.3) is 0 Å². The van der Waals surface area contributed by atoms with Gasteiger partial charge in [0.2, 0.25) is 0 Å². The van der Waals surface area contributed by atoms with Gasteiger partial charge in [0.05, 0.1) is 5.84 Å². The number of nitrogens with one attached hydrogen (secondary N) is 1. The van der Waals surface area contributed by atoms with E-state index in [1.165, 1.54) is 12.1 Å². The van der Waals surface area contributed by atoms with E-state index in [0.717, 1.165) is 25.1 Å². The molecule has 0 saturated carbocycles. The Labute approximate surface area is 95.6 Å². The van der Waals surface area contributed by atoms with E-state index in [-0.39, 0.29) is 11.7 Å². The first-order valence-corrected chi connectivity index (χ1v) is 5.39. The molecule has 0 amide bonds. The van der Waals surface area contributed by atoms with Crippen LogP contribution in [0.15, 0.2) is 24.3 Å². The number of hydrogen-bond donors (Lipinski definition) is 2. The number of nitrogens with two attached hydrogens (primary N) is 1. The van der Waals surface area contributed by atoms with Gasteiger partial charge in [-0.05, 0) is 37.1 Å². The molecule has 88 valence electrons. The fourth-order valence-electron chi connectivity index (χ4n) is 1.49. The largest absolute Gasteiger partial charge is 0.388 e. The van der Waals surface area contributed by atoms with Gasteiger partial charge in [-0.1, -0.05) is 0 Å². The average Bonchev–Trinajstić information content (AvgIpc) is 2.25. The second kappa shape index (κ2) is 6.10. The number of unbranched alkanes of at least 4 members (excludes halogenated alkanes) is 1. The Morgan fingerprint density at radius 1 is 1.31 bits per heavy atom. The molecule has 0 bridgehead atoms. The van der Waals surface area contributed by atoms with Crippen molar-refractivity contribution in [2.24, 2.45) is 5.73 Å². The summed E-state index contributed by atoms with van der Waals surface area (Å²) in [5, 5.41) is 7.09. The fraction of sp³-hybridized carbons (Fsp3) is 0.417. The molecule has 0 saturated heterocycles. The van der Waals surface area contributed by atoms with Crippen molar-refractivity contribution in [1.29, 1.82) is 5.41 Å². The maximum absolute atomic E-state index is 12.7. The van der Waals surface area contributed by atoms with Crippen LogP contribution in [0, 0.1) is 11.2 Å². The standard InChI is InChI=1S/C12H18FN3/c1-16(9-3-2-4-12(14)15)11-7-5-10(13)6-8-11/h5-8H,2-4,9H2,1H3,(H3,14,15). The second-order valence-corrected chi connectivity index (χ2v) is 3.88. The molecule has 1 aromatic carbocycles. The normalized spacial score (nSPS) is 10.1. The lowest BCUT2D eigenvalue weighted by molar-refractivity contribution is 0.627. The zero-order valence-electron chi connectivity index (χ0n) is 9.54. The maximum Gasteiger partial charge on any atom is 0.123 e. The summed E-state index contributed by atoms with van der Waals surface area (Å²) in [6.07, 6.45) is 2.55. The highest BCUT2D eigenvalue weighted by atomic mass is 19.1. The molecule has 1 aromatic rings.